The summed E-state index contributed by atoms with van der Waals surface area (Å²) in [5.74, 6) is 0. The van der Waals surface area contributed by atoms with Crippen molar-refractivity contribution in [2.24, 2.45) is 0 Å². The highest BCUT2D eigenvalue weighted by Crippen LogP contribution is 2.00. The zero-order valence-electron chi connectivity index (χ0n) is 8.64. The molecule has 2 N–H and O–H groups in total. The van der Waals surface area contributed by atoms with Gasteiger partial charge in [-0.25, -0.2) is 0 Å². The minimum atomic E-state index is 0.830. The topological polar surface area (TPSA) is 71.4 Å². The first-order chi connectivity index (χ1) is 7.36. The lowest BCUT2D eigenvalue weighted by Gasteiger charge is -2.03. The van der Waals surface area contributed by atoms with Crippen LogP contribution in [0.5, 0.6) is 0 Å². The summed E-state index contributed by atoms with van der Waals surface area (Å²) in [5.41, 5.74) is 2.32. The van der Waals surface area contributed by atoms with Crippen LogP contribution in [-0.2, 0) is 13.1 Å². The van der Waals surface area contributed by atoms with Crippen LogP contribution < -0.4 is 5.32 Å². The quantitative estimate of drug-likeness (QED) is 0.681. The molecule has 2 heterocycles. The van der Waals surface area contributed by atoms with Crippen LogP contribution in [0.3, 0.4) is 0 Å². The lowest BCUT2D eigenvalue weighted by molar-refractivity contribution is 0.540. The zero-order valence-corrected chi connectivity index (χ0v) is 8.64. The van der Waals surface area contributed by atoms with E-state index < -0.39 is 0 Å². The van der Waals surface area contributed by atoms with Crippen molar-refractivity contribution in [2.75, 3.05) is 6.54 Å². The predicted octanol–water partition coefficient (Wildman–Crippen LogP) is 0.0994. The molecule has 0 amide bonds. The molecule has 6 nitrogen and oxygen atoms in total. The van der Waals surface area contributed by atoms with E-state index in [4.69, 9.17) is 0 Å². The molecule has 0 spiro atoms. The van der Waals surface area contributed by atoms with Gasteiger partial charge in [0.15, 0.2) is 0 Å². The summed E-state index contributed by atoms with van der Waals surface area (Å²) in [6.45, 7) is 4.54. The summed E-state index contributed by atoms with van der Waals surface area (Å²) >= 11 is 0. The number of nitrogens with zero attached hydrogens (tertiary/aromatic N) is 4. The lowest BCUT2D eigenvalue weighted by atomic mass is 10.3. The van der Waals surface area contributed by atoms with Crippen molar-refractivity contribution in [3.8, 4) is 0 Å². The molecular formula is C9H14N6. The van der Waals surface area contributed by atoms with Gasteiger partial charge in [-0.1, -0.05) is 5.21 Å². The number of H-pyrrole nitrogens is 1. The summed E-state index contributed by atoms with van der Waals surface area (Å²) in [5, 5.41) is 17.8. The Morgan fingerprint density at radius 2 is 2.47 bits per heavy atom. The van der Waals surface area contributed by atoms with E-state index in [1.165, 1.54) is 5.56 Å². The monoisotopic (exact) mass is 206 g/mol. The molecule has 2 aromatic rings. The molecule has 0 aliphatic rings. The highest BCUT2D eigenvalue weighted by Gasteiger charge is 1.98. The van der Waals surface area contributed by atoms with Crippen molar-refractivity contribution < 1.29 is 0 Å². The Balaban J connectivity index is 1.70. The molecule has 6 heteroatoms. The SMILES string of the molecule is Cc1[nH]ncc1CNCCn1ccnn1. The van der Waals surface area contributed by atoms with Gasteiger partial charge in [0.2, 0.25) is 0 Å². The minimum Gasteiger partial charge on any atom is -0.311 e. The van der Waals surface area contributed by atoms with Gasteiger partial charge >= 0.3 is 0 Å². The first-order valence-corrected chi connectivity index (χ1v) is 4.90. The molecule has 0 fully saturated rings. The third-order valence-corrected chi connectivity index (χ3v) is 2.24. The van der Waals surface area contributed by atoms with Crippen LogP contribution in [0.2, 0.25) is 0 Å². The minimum absolute atomic E-state index is 0.830. The van der Waals surface area contributed by atoms with Crippen molar-refractivity contribution in [3.63, 3.8) is 0 Å². The van der Waals surface area contributed by atoms with Crippen LogP contribution in [0.4, 0.5) is 0 Å². The van der Waals surface area contributed by atoms with E-state index >= 15 is 0 Å². The highest BCUT2D eigenvalue weighted by molar-refractivity contribution is 5.13. The van der Waals surface area contributed by atoms with Gasteiger partial charge in [-0.05, 0) is 6.92 Å². The van der Waals surface area contributed by atoms with E-state index in [0.29, 0.717) is 0 Å². The number of rotatable bonds is 5. The fourth-order valence-corrected chi connectivity index (χ4v) is 1.32. The largest absolute Gasteiger partial charge is 0.311 e. The maximum absolute atomic E-state index is 3.96. The van der Waals surface area contributed by atoms with E-state index in [0.717, 1.165) is 25.3 Å². The van der Waals surface area contributed by atoms with Crippen LogP contribution in [-0.4, -0.2) is 31.7 Å². The second-order valence-corrected chi connectivity index (χ2v) is 3.36. The first-order valence-electron chi connectivity index (χ1n) is 4.90. The number of aromatic amines is 1. The van der Waals surface area contributed by atoms with Crippen LogP contribution in [0, 0.1) is 6.92 Å². The molecule has 0 aliphatic heterocycles. The molecule has 0 saturated carbocycles. The van der Waals surface area contributed by atoms with E-state index in [9.17, 15) is 0 Å². The van der Waals surface area contributed by atoms with Gasteiger partial charge in [-0.3, -0.25) is 9.78 Å². The lowest BCUT2D eigenvalue weighted by Crippen LogP contribution is -2.20. The van der Waals surface area contributed by atoms with Gasteiger partial charge in [-0.2, -0.15) is 5.10 Å². The summed E-state index contributed by atoms with van der Waals surface area (Å²) in [7, 11) is 0. The average molecular weight is 206 g/mol. The van der Waals surface area contributed by atoms with Crippen molar-refractivity contribution >= 4 is 0 Å². The molecule has 0 saturated heterocycles. The molecule has 0 aliphatic carbocycles. The molecule has 0 atom stereocenters. The summed E-state index contributed by atoms with van der Waals surface area (Å²) in [6, 6.07) is 0. The maximum atomic E-state index is 3.96. The molecule has 15 heavy (non-hydrogen) atoms. The Bertz CT molecular complexity index is 390. The summed E-state index contributed by atoms with van der Waals surface area (Å²) in [4.78, 5) is 0. The molecular weight excluding hydrogens is 192 g/mol. The highest BCUT2D eigenvalue weighted by atomic mass is 15.4. The predicted molar refractivity (Wildman–Crippen MR) is 55.1 cm³/mol. The number of aryl methyl sites for hydroxylation is 1. The summed E-state index contributed by atoms with van der Waals surface area (Å²) in [6.07, 6.45) is 5.38. The third kappa shape index (κ3) is 2.63. The van der Waals surface area contributed by atoms with Gasteiger partial charge in [0.05, 0.1) is 18.9 Å². The van der Waals surface area contributed by atoms with Crippen molar-refractivity contribution in [1.29, 1.82) is 0 Å². The number of aromatic nitrogens is 5. The van der Waals surface area contributed by atoms with Gasteiger partial charge < -0.3 is 5.32 Å². The van der Waals surface area contributed by atoms with Crippen molar-refractivity contribution in [3.05, 3.63) is 29.8 Å². The Hall–Kier alpha value is -1.69. The van der Waals surface area contributed by atoms with Crippen LogP contribution in [0.15, 0.2) is 18.6 Å². The number of nitrogens with one attached hydrogen (secondary N) is 2. The molecule has 2 rings (SSSR count). The zero-order chi connectivity index (χ0) is 10.5. The smallest absolute Gasteiger partial charge is 0.0692 e. The fraction of sp³-hybridized carbons (Fsp3) is 0.444. The van der Waals surface area contributed by atoms with Gasteiger partial charge in [0, 0.05) is 30.5 Å². The molecule has 0 bridgehead atoms. The molecule has 80 valence electrons. The second-order valence-electron chi connectivity index (χ2n) is 3.36. The molecule has 0 unspecified atom stereocenters. The van der Waals surface area contributed by atoms with Crippen LogP contribution >= 0.6 is 0 Å². The average Bonchev–Trinajstić information content (AvgIpc) is 2.85. The van der Waals surface area contributed by atoms with E-state index in [1.807, 2.05) is 19.3 Å². The normalized spacial score (nSPS) is 10.7. The number of hydrogen-bond acceptors (Lipinski definition) is 4. The standard InChI is InChI=1S/C9H14N6/c1-8-9(7-12-13-8)6-10-2-4-15-5-3-11-14-15/h3,5,7,10H,2,4,6H2,1H3,(H,12,13). The van der Waals surface area contributed by atoms with Gasteiger partial charge in [-0.15, -0.1) is 5.10 Å². The van der Waals surface area contributed by atoms with Crippen LogP contribution in [0.1, 0.15) is 11.3 Å². The fourth-order valence-electron chi connectivity index (χ4n) is 1.32. The Labute approximate surface area is 87.7 Å². The van der Waals surface area contributed by atoms with E-state index in [2.05, 4.69) is 25.8 Å². The Kier molecular flexibility index (Phi) is 3.08. The maximum Gasteiger partial charge on any atom is 0.0692 e. The summed E-state index contributed by atoms with van der Waals surface area (Å²) < 4.78 is 1.80. The van der Waals surface area contributed by atoms with Crippen molar-refractivity contribution in [2.45, 2.75) is 20.0 Å². The Morgan fingerprint density at radius 3 is 3.13 bits per heavy atom. The van der Waals surface area contributed by atoms with E-state index in [-0.39, 0.29) is 0 Å². The van der Waals surface area contributed by atoms with Crippen molar-refractivity contribution in [1.82, 2.24) is 30.5 Å². The van der Waals surface area contributed by atoms with E-state index in [1.54, 1.807) is 10.9 Å². The third-order valence-electron chi connectivity index (χ3n) is 2.24. The number of hydrogen-bond donors (Lipinski definition) is 2. The molecule has 0 radical (unpaired) electrons. The van der Waals surface area contributed by atoms with Crippen LogP contribution in [0.25, 0.3) is 0 Å². The molecule has 2 aromatic heterocycles. The van der Waals surface area contributed by atoms with Gasteiger partial charge in [0.25, 0.3) is 0 Å². The van der Waals surface area contributed by atoms with Gasteiger partial charge in [0.1, 0.15) is 0 Å². The first kappa shape index (κ1) is 9.85. The Morgan fingerprint density at radius 1 is 1.53 bits per heavy atom. The second kappa shape index (κ2) is 4.70. The molecule has 0 aromatic carbocycles.